The van der Waals surface area contributed by atoms with Crippen molar-refractivity contribution in [1.82, 2.24) is 4.57 Å². The van der Waals surface area contributed by atoms with Gasteiger partial charge in [-0.15, -0.1) is 11.8 Å². The summed E-state index contributed by atoms with van der Waals surface area (Å²) >= 11 is 5.38. The molecule has 1 heterocycles. The van der Waals surface area contributed by atoms with Crippen molar-refractivity contribution in [3.63, 3.8) is 0 Å². The van der Waals surface area contributed by atoms with Gasteiger partial charge in [0.05, 0.1) is 15.9 Å². The molecule has 0 aliphatic heterocycles. The monoisotopic (exact) mass is 346 g/mol. The Labute approximate surface area is 143 Å². The summed E-state index contributed by atoms with van der Waals surface area (Å²) in [5.74, 6) is 1.10. The number of fused-ring (bicyclic) bond motifs is 1. The van der Waals surface area contributed by atoms with Gasteiger partial charge in [-0.05, 0) is 48.9 Å². The molecule has 5 heteroatoms. The number of thioether (sulfide) groups is 2. The maximum absolute atomic E-state index is 4.87. The number of para-hydroxylation sites is 1. The number of aromatic nitrogens is 1. The van der Waals surface area contributed by atoms with Crippen LogP contribution in [0.5, 0.6) is 0 Å². The molecule has 114 valence electrons. The lowest BCUT2D eigenvalue weighted by molar-refractivity contribution is 0.775. The predicted molar refractivity (Wildman–Crippen MR) is 102 cm³/mol. The zero-order valence-electron chi connectivity index (χ0n) is 12.7. The van der Waals surface area contributed by atoms with E-state index in [1.807, 2.05) is 11.8 Å². The topological polar surface area (TPSA) is 17.3 Å². The molecular weight excluding hydrogens is 328 g/mol. The first-order valence-electron chi connectivity index (χ1n) is 7.08. The van der Waals surface area contributed by atoms with Crippen LogP contribution in [0.3, 0.4) is 0 Å². The second-order valence-electron chi connectivity index (χ2n) is 4.81. The molecule has 3 aromatic rings. The second-order valence-corrected chi connectivity index (χ2v) is 7.68. The van der Waals surface area contributed by atoms with Gasteiger partial charge in [0, 0.05) is 17.2 Å². The largest absolute Gasteiger partial charge is 0.316 e. The summed E-state index contributed by atoms with van der Waals surface area (Å²) in [5, 5.41) is 0. The Morgan fingerprint density at radius 1 is 1.05 bits per heavy atom. The number of hydrogen-bond acceptors (Lipinski definition) is 4. The number of aryl methyl sites for hydroxylation is 1. The second kappa shape index (κ2) is 7.40. The van der Waals surface area contributed by atoms with Gasteiger partial charge in [-0.25, -0.2) is 4.99 Å². The van der Waals surface area contributed by atoms with Crippen molar-refractivity contribution in [3.8, 4) is 0 Å². The van der Waals surface area contributed by atoms with Crippen molar-refractivity contribution >= 4 is 50.8 Å². The molecule has 0 radical (unpaired) electrons. The van der Waals surface area contributed by atoms with Crippen molar-refractivity contribution < 1.29 is 0 Å². The molecule has 0 amide bonds. The highest BCUT2D eigenvalue weighted by molar-refractivity contribution is 7.98. The normalized spacial score (nSPS) is 12.2. The molecule has 22 heavy (non-hydrogen) atoms. The van der Waals surface area contributed by atoms with Crippen LogP contribution in [0, 0.1) is 0 Å². The molecule has 0 saturated heterocycles. The van der Waals surface area contributed by atoms with Crippen LogP contribution in [0.2, 0.25) is 0 Å². The van der Waals surface area contributed by atoms with E-state index in [-0.39, 0.29) is 0 Å². The van der Waals surface area contributed by atoms with Crippen LogP contribution >= 0.6 is 34.9 Å². The minimum Gasteiger partial charge on any atom is -0.316 e. The van der Waals surface area contributed by atoms with Crippen LogP contribution in [-0.4, -0.2) is 22.8 Å². The van der Waals surface area contributed by atoms with E-state index in [1.165, 1.54) is 15.1 Å². The van der Waals surface area contributed by atoms with Crippen LogP contribution in [0.1, 0.15) is 0 Å². The molecule has 0 spiro atoms. The molecular formula is C17H18N2S3. The van der Waals surface area contributed by atoms with E-state index in [2.05, 4.69) is 65.6 Å². The maximum atomic E-state index is 4.87. The third kappa shape index (κ3) is 3.42. The molecule has 0 atom stereocenters. The molecule has 0 bridgehead atoms. The van der Waals surface area contributed by atoms with Gasteiger partial charge in [0.1, 0.15) is 0 Å². The molecule has 0 N–H and O–H groups in total. The molecule has 2 aromatic carbocycles. The number of hydrogen-bond donors (Lipinski definition) is 0. The van der Waals surface area contributed by atoms with Gasteiger partial charge in [-0.2, -0.15) is 11.8 Å². The van der Waals surface area contributed by atoms with Gasteiger partial charge in [-0.1, -0.05) is 23.5 Å². The Balaban J connectivity index is 2.09. The number of nitrogens with zero attached hydrogens (tertiary/aromatic N) is 2. The Kier molecular flexibility index (Phi) is 5.28. The first-order chi connectivity index (χ1) is 10.8. The Morgan fingerprint density at radius 2 is 1.82 bits per heavy atom. The number of rotatable bonds is 5. The summed E-state index contributed by atoms with van der Waals surface area (Å²) < 4.78 is 3.63. The molecule has 0 saturated carbocycles. The lowest BCUT2D eigenvalue weighted by Gasteiger charge is -2.03. The quantitative estimate of drug-likeness (QED) is 0.604. The first-order valence-corrected chi connectivity index (χ1v) is 10.5. The standard InChI is InChI=1S/C17H18N2S3/c1-20-12-11-19-15-5-3-4-6-16(15)22-17(19)18-13-7-9-14(21-2)10-8-13/h3-10H,11-12H2,1-2H3. The summed E-state index contributed by atoms with van der Waals surface area (Å²) in [6.45, 7) is 0.993. The molecule has 0 aliphatic carbocycles. The lowest BCUT2D eigenvalue weighted by Crippen LogP contribution is -2.15. The van der Waals surface area contributed by atoms with Gasteiger partial charge in [-0.3, -0.25) is 0 Å². The molecule has 0 unspecified atom stereocenters. The van der Waals surface area contributed by atoms with E-state index in [1.54, 1.807) is 23.1 Å². The van der Waals surface area contributed by atoms with E-state index < -0.39 is 0 Å². The van der Waals surface area contributed by atoms with Crippen LogP contribution in [0.15, 0.2) is 58.4 Å². The average molecular weight is 347 g/mol. The van der Waals surface area contributed by atoms with Crippen LogP contribution in [-0.2, 0) is 6.54 Å². The summed E-state index contributed by atoms with van der Waals surface area (Å²) in [6, 6.07) is 17.0. The van der Waals surface area contributed by atoms with E-state index in [9.17, 15) is 0 Å². The minimum absolute atomic E-state index is 0.993. The van der Waals surface area contributed by atoms with Gasteiger partial charge in [0.15, 0.2) is 4.80 Å². The van der Waals surface area contributed by atoms with Crippen LogP contribution < -0.4 is 4.80 Å². The highest BCUT2D eigenvalue weighted by Gasteiger charge is 2.05. The highest BCUT2D eigenvalue weighted by atomic mass is 32.2. The number of thiazole rings is 1. The Hall–Kier alpha value is -1.17. The summed E-state index contributed by atoms with van der Waals surface area (Å²) in [7, 11) is 0. The zero-order chi connectivity index (χ0) is 15.4. The molecule has 0 aliphatic rings. The van der Waals surface area contributed by atoms with Gasteiger partial charge in [0.2, 0.25) is 0 Å². The average Bonchev–Trinajstić information content (AvgIpc) is 2.91. The molecule has 2 nitrogen and oxygen atoms in total. The molecule has 0 fully saturated rings. The van der Waals surface area contributed by atoms with Crippen molar-refractivity contribution in [2.75, 3.05) is 18.3 Å². The van der Waals surface area contributed by atoms with Crippen LogP contribution in [0.4, 0.5) is 5.69 Å². The predicted octanol–water partition coefficient (Wildman–Crippen LogP) is 5.02. The van der Waals surface area contributed by atoms with Gasteiger partial charge >= 0.3 is 0 Å². The fourth-order valence-electron chi connectivity index (χ4n) is 2.27. The first kappa shape index (κ1) is 15.7. The van der Waals surface area contributed by atoms with E-state index >= 15 is 0 Å². The Bertz CT molecular complexity index is 816. The Morgan fingerprint density at radius 3 is 2.55 bits per heavy atom. The van der Waals surface area contributed by atoms with Crippen molar-refractivity contribution in [3.05, 3.63) is 53.3 Å². The van der Waals surface area contributed by atoms with E-state index in [0.29, 0.717) is 0 Å². The SMILES string of the molecule is CSCCn1c(=Nc2ccc(SC)cc2)sc2ccccc21. The highest BCUT2D eigenvalue weighted by Crippen LogP contribution is 2.21. The third-order valence-corrected chi connectivity index (χ3v) is 5.80. The van der Waals surface area contributed by atoms with E-state index in [4.69, 9.17) is 4.99 Å². The summed E-state index contributed by atoms with van der Waals surface area (Å²) in [6.07, 6.45) is 4.24. The summed E-state index contributed by atoms with van der Waals surface area (Å²) in [4.78, 5) is 7.21. The van der Waals surface area contributed by atoms with E-state index in [0.717, 1.165) is 22.8 Å². The fourth-order valence-corrected chi connectivity index (χ4v) is 4.12. The van der Waals surface area contributed by atoms with Crippen molar-refractivity contribution in [1.29, 1.82) is 0 Å². The number of benzene rings is 2. The summed E-state index contributed by atoms with van der Waals surface area (Å²) in [5.41, 5.74) is 2.29. The minimum atomic E-state index is 0.993. The molecule has 1 aromatic heterocycles. The fraction of sp³-hybridized carbons (Fsp3) is 0.235. The maximum Gasteiger partial charge on any atom is 0.190 e. The smallest absolute Gasteiger partial charge is 0.190 e. The lowest BCUT2D eigenvalue weighted by atomic mass is 10.3. The van der Waals surface area contributed by atoms with Gasteiger partial charge < -0.3 is 4.57 Å². The van der Waals surface area contributed by atoms with Gasteiger partial charge in [0.25, 0.3) is 0 Å². The van der Waals surface area contributed by atoms with Crippen molar-refractivity contribution in [2.45, 2.75) is 11.4 Å². The third-order valence-electron chi connectivity index (χ3n) is 3.40. The zero-order valence-corrected chi connectivity index (χ0v) is 15.1. The van der Waals surface area contributed by atoms with Crippen molar-refractivity contribution in [2.24, 2.45) is 4.99 Å². The van der Waals surface area contributed by atoms with Crippen LogP contribution in [0.25, 0.3) is 10.2 Å². The molecule has 3 rings (SSSR count).